The second kappa shape index (κ2) is 5.81. The van der Waals surface area contributed by atoms with Gasteiger partial charge in [-0.05, 0) is 29.6 Å². The third kappa shape index (κ3) is 3.95. The molecule has 0 spiro atoms. The van der Waals surface area contributed by atoms with Crippen molar-refractivity contribution in [2.75, 3.05) is 0 Å². The van der Waals surface area contributed by atoms with Gasteiger partial charge in [0.1, 0.15) is 0 Å². The van der Waals surface area contributed by atoms with Crippen molar-refractivity contribution in [3.63, 3.8) is 0 Å². The first-order valence-electron chi connectivity index (χ1n) is 6.86. The lowest BCUT2D eigenvalue weighted by atomic mass is 10.0. The van der Waals surface area contributed by atoms with Crippen LogP contribution in [0.25, 0.3) is 0 Å². The Labute approximate surface area is 107 Å². The Kier molecular flexibility index (Phi) is 4.93. The molecule has 0 saturated heterocycles. The Balaban J connectivity index is 3.10. The number of rotatable bonds is 5. The molecule has 1 rings (SSSR count). The minimum Gasteiger partial charge on any atom is -0.294 e. The van der Waals surface area contributed by atoms with E-state index in [9.17, 15) is 4.79 Å². The number of allylic oxidation sites excluding steroid dienone is 3. The predicted molar refractivity (Wildman–Crippen MR) is 77.9 cm³/mol. The van der Waals surface area contributed by atoms with E-state index in [-0.39, 0.29) is 0 Å². The second-order valence-corrected chi connectivity index (χ2v) is 11.1. The number of hydrogen-bond acceptors (Lipinski definition) is 1. The van der Waals surface area contributed by atoms with Gasteiger partial charge >= 0.3 is 0 Å². The highest BCUT2D eigenvalue weighted by Crippen LogP contribution is 2.35. The highest BCUT2D eigenvalue weighted by molar-refractivity contribution is 6.81. The quantitative estimate of drug-likeness (QED) is 0.649. The van der Waals surface area contributed by atoms with Crippen LogP contribution in [0.4, 0.5) is 0 Å². The van der Waals surface area contributed by atoms with Crippen molar-refractivity contribution in [2.45, 2.75) is 65.6 Å². The molecule has 2 heteroatoms. The van der Waals surface area contributed by atoms with Crippen molar-refractivity contribution < 1.29 is 4.79 Å². The van der Waals surface area contributed by atoms with E-state index in [0.29, 0.717) is 12.2 Å². The Morgan fingerprint density at radius 2 is 1.59 bits per heavy atom. The summed E-state index contributed by atoms with van der Waals surface area (Å²) in [6, 6.07) is 0. The van der Waals surface area contributed by atoms with E-state index in [2.05, 4.69) is 39.2 Å². The van der Waals surface area contributed by atoms with Crippen LogP contribution in [0.3, 0.4) is 0 Å². The molecule has 17 heavy (non-hydrogen) atoms. The third-order valence-electron chi connectivity index (χ3n) is 3.05. The number of carbonyl (C=O) groups excluding carboxylic acids is 1. The molecule has 0 aliphatic heterocycles. The first-order valence-corrected chi connectivity index (χ1v) is 10.4. The molecule has 0 aromatic heterocycles. The molecule has 0 heterocycles. The zero-order valence-corrected chi connectivity index (χ0v) is 13.0. The van der Waals surface area contributed by atoms with Gasteiger partial charge in [-0.15, -0.1) is 0 Å². The average Bonchev–Trinajstić information content (AvgIpc) is 2.44. The standard InChI is InChI=1S/C15H26OSi/c1-6-8-13-12(11-17(3,4)5)10-15(16)14(13)9-7-2/h11H,6-10H2,1-5H3/b12-11+. The summed E-state index contributed by atoms with van der Waals surface area (Å²) in [5.41, 5.74) is 6.32. The van der Waals surface area contributed by atoms with Crippen LogP contribution in [-0.2, 0) is 4.79 Å². The van der Waals surface area contributed by atoms with Crippen LogP contribution in [0, 0.1) is 0 Å². The largest absolute Gasteiger partial charge is 0.294 e. The molecule has 0 bridgehead atoms. The topological polar surface area (TPSA) is 17.1 Å². The summed E-state index contributed by atoms with van der Waals surface area (Å²) in [5.74, 6) is 0.389. The lowest BCUT2D eigenvalue weighted by Crippen LogP contribution is -2.17. The first kappa shape index (κ1) is 14.4. The van der Waals surface area contributed by atoms with Gasteiger partial charge in [0.15, 0.2) is 5.78 Å². The SMILES string of the molecule is CCCC1=C(CCC)/C(=C/[Si](C)(C)C)CC1=O. The smallest absolute Gasteiger partial charge is 0.163 e. The summed E-state index contributed by atoms with van der Waals surface area (Å²) >= 11 is 0. The summed E-state index contributed by atoms with van der Waals surface area (Å²) in [6.45, 7) is 11.4. The van der Waals surface area contributed by atoms with Crippen molar-refractivity contribution in [3.8, 4) is 0 Å². The van der Waals surface area contributed by atoms with Crippen molar-refractivity contribution in [1.29, 1.82) is 0 Å². The fourth-order valence-electron chi connectivity index (χ4n) is 2.51. The molecule has 1 nitrogen and oxygen atoms in total. The number of carbonyl (C=O) groups is 1. The van der Waals surface area contributed by atoms with Gasteiger partial charge in [0.05, 0.1) is 8.07 Å². The highest BCUT2D eigenvalue weighted by Gasteiger charge is 2.27. The number of hydrogen-bond donors (Lipinski definition) is 0. The van der Waals surface area contributed by atoms with Gasteiger partial charge in [-0.2, -0.15) is 0 Å². The summed E-state index contributed by atoms with van der Waals surface area (Å²) in [4.78, 5) is 12.1. The van der Waals surface area contributed by atoms with Gasteiger partial charge in [-0.3, -0.25) is 4.79 Å². The van der Waals surface area contributed by atoms with Gasteiger partial charge in [0, 0.05) is 6.42 Å². The average molecular weight is 250 g/mol. The maximum atomic E-state index is 12.1. The third-order valence-corrected chi connectivity index (χ3v) is 4.26. The Bertz CT molecular complexity index is 356. The Morgan fingerprint density at radius 1 is 1.06 bits per heavy atom. The molecular formula is C15H26OSi. The fourth-order valence-corrected chi connectivity index (χ4v) is 3.83. The van der Waals surface area contributed by atoms with E-state index in [4.69, 9.17) is 0 Å². The highest BCUT2D eigenvalue weighted by atomic mass is 28.3. The van der Waals surface area contributed by atoms with Gasteiger partial charge in [-0.1, -0.05) is 52.0 Å². The molecule has 0 fully saturated rings. The lowest BCUT2D eigenvalue weighted by molar-refractivity contribution is -0.114. The molecule has 0 atom stereocenters. The van der Waals surface area contributed by atoms with E-state index in [1.54, 1.807) is 0 Å². The van der Waals surface area contributed by atoms with Gasteiger partial charge in [-0.25, -0.2) is 0 Å². The molecular weight excluding hydrogens is 224 g/mol. The van der Waals surface area contributed by atoms with Crippen LogP contribution in [-0.4, -0.2) is 13.9 Å². The van der Waals surface area contributed by atoms with Gasteiger partial charge in [0.25, 0.3) is 0 Å². The van der Waals surface area contributed by atoms with Crippen molar-refractivity contribution >= 4 is 13.9 Å². The van der Waals surface area contributed by atoms with Gasteiger partial charge < -0.3 is 0 Å². The van der Waals surface area contributed by atoms with Crippen LogP contribution in [0.2, 0.25) is 19.6 Å². The van der Waals surface area contributed by atoms with Gasteiger partial charge in [0.2, 0.25) is 0 Å². The molecule has 0 aromatic rings. The first-order chi connectivity index (χ1) is 7.89. The van der Waals surface area contributed by atoms with Crippen LogP contribution < -0.4 is 0 Å². The molecule has 96 valence electrons. The lowest BCUT2D eigenvalue weighted by Gasteiger charge is -2.13. The Morgan fingerprint density at radius 3 is 2.06 bits per heavy atom. The van der Waals surface area contributed by atoms with Crippen molar-refractivity contribution in [2.24, 2.45) is 0 Å². The summed E-state index contributed by atoms with van der Waals surface area (Å²) < 4.78 is 0. The molecule has 1 aliphatic carbocycles. The van der Waals surface area contributed by atoms with Crippen LogP contribution in [0.1, 0.15) is 46.0 Å². The van der Waals surface area contributed by atoms with Crippen LogP contribution in [0.15, 0.2) is 22.4 Å². The number of ketones is 1. The minimum atomic E-state index is -1.22. The van der Waals surface area contributed by atoms with Crippen LogP contribution in [0.5, 0.6) is 0 Å². The maximum absolute atomic E-state index is 12.1. The van der Waals surface area contributed by atoms with E-state index in [1.807, 2.05) is 0 Å². The van der Waals surface area contributed by atoms with Crippen LogP contribution >= 0.6 is 0 Å². The fraction of sp³-hybridized carbons (Fsp3) is 0.667. The molecule has 0 radical (unpaired) electrons. The normalized spacial score (nSPS) is 19.6. The van der Waals surface area contributed by atoms with E-state index >= 15 is 0 Å². The monoisotopic (exact) mass is 250 g/mol. The summed E-state index contributed by atoms with van der Waals surface area (Å²) in [6.07, 6.45) is 4.94. The summed E-state index contributed by atoms with van der Waals surface area (Å²) in [7, 11) is -1.22. The Hall–Kier alpha value is -0.633. The molecule has 0 saturated carbocycles. The maximum Gasteiger partial charge on any atom is 0.163 e. The minimum absolute atomic E-state index is 0.389. The second-order valence-electron chi connectivity index (χ2n) is 6.09. The summed E-state index contributed by atoms with van der Waals surface area (Å²) in [5, 5.41) is 0. The van der Waals surface area contributed by atoms with E-state index in [0.717, 1.165) is 31.3 Å². The van der Waals surface area contributed by atoms with E-state index in [1.165, 1.54) is 11.1 Å². The van der Waals surface area contributed by atoms with E-state index < -0.39 is 8.07 Å². The molecule has 0 amide bonds. The predicted octanol–water partition coefficient (Wildman–Crippen LogP) is 4.66. The number of Topliss-reactive ketones (excluding diaryl/α,β-unsaturated/α-hetero) is 1. The molecule has 1 aliphatic rings. The zero-order chi connectivity index (χ0) is 13.1. The van der Waals surface area contributed by atoms with Crippen molar-refractivity contribution in [1.82, 2.24) is 0 Å². The molecule has 0 N–H and O–H groups in total. The van der Waals surface area contributed by atoms with Crippen molar-refractivity contribution in [3.05, 3.63) is 22.4 Å². The zero-order valence-electron chi connectivity index (χ0n) is 12.0. The molecule has 0 aromatic carbocycles. The molecule has 0 unspecified atom stereocenters.